The summed E-state index contributed by atoms with van der Waals surface area (Å²) in [4.78, 5) is 16.0. The number of amides is 1. The van der Waals surface area contributed by atoms with Crippen LogP contribution in [0.5, 0.6) is 0 Å². The molecule has 1 heterocycles. The third-order valence-corrected chi connectivity index (χ3v) is 4.02. The van der Waals surface area contributed by atoms with Crippen LogP contribution in [0.25, 0.3) is 0 Å². The Hall–Kier alpha value is -1.41. The first kappa shape index (κ1) is 16.0. The van der Waals surface area contributed by atoms with Crippen molar-refractivity contribution in [3.8, 4) is 0 Å². The summed E-state index contributed by atoms with van der Waals surface area (Å²) in [5, 5.41) is 4.44. The number of alkyl halides is 3. The summed E-state index contributed by atoms with van der Waals surface area (Å²) in [6, 6.07) is 2.98. The van der Waals surface area contributed by atoms with Crippen LogP contribution < -0.4 is 5.32 Å². The summed E-state index contributed by atoms with van der Waals surface area (Å²) < 4.78 is 38.3. The second-order valence-corrected chi connectivity index (χ2v) is 5.75. The lowest BCUT2D eigenvalue weighted by Gasteiger charge is -2.10. The van der Waals surface area contributed by atoms with Gasteiger partial charge in [-0.05, 0) is 34.1 Å². The van der Waals surface area contributed by atoms with E-state index in [4.69, 9.17) is 0 Å². The molecule has 2 aromatic rings. The van der Waals surface area contributed by atoms with Crippen LogP contribution in [0.15, 0.2) is 33.6 Å². The lowest BCUT2D eigenvalue weighted by Crippen LogP contribution is -2.26. The van der Waals surface area contributed by atoms with Crippen molar-refractivity contribution in [1.29, 1.82) is 0 Å². The highest BCUT2D eigenvalue weighted by atomic mass is 79.9. The maximum absolute atomic E-state index is 12.6. The van der Waals surface area contributed by atoms with Crippen LogP contribution in [0.4, 0.5) is 13.2 Å². The van der Waals surface area contributed by atoms with Crippen molar-refractivity contribution in [2.45, 2.75) is 12.6 Å². The van der Waals surface area contributed by atoms with E-state index in [-0.39, 0.29) is 5.56 Å². The Kier molecular flexibility index (Phi) is 5.00. The molecule has 3 nitrogen and oxygen atoms in total. The van der Waals surface area contributed by atoms with Crippen LogP contribution >= 0.6 is 27.3 Å². The van der Waals surface area contributed by atoms with Crippen LogP contribution in [0, 0.1) is 0 Å². The van der Waals surface area contributed by atoms with Gasteiger partial charge in [0.25, 0.3) is 5.91 Å². The van der Waals surface area contributed by atoms with Crippen molar-refractivity contribution in [2.24, 2.45) is 0 Å². The number of hydrogen-bond donors (Lipinski definition) is 1. The molecule has 0 spiro atoms. The summed E-state index contributed by atoms with van der Waals surface area (Å²) in [5.41, 5.74) is 1.63. The van der Waals surface area contributed by atoms with Crippen molar-refractivity contribution in [3.63, 3.8) is 0 Å². The fourth-order valence-corrected chi connectivity index (χ4v) is 2.66. The zero-order valence-corrected chi connectivity index (χ0v) is 13.0. The van der Waals surface area contributed by atoms with Crippen molar-refractivity contribution in [2.75, 3.05) is 6.54 Å². The first-order chi connectivity index (χ1) is 9.88. The van der Waals surface area contributed by atoms with E-state index in [0.29, 0.717) is 17.4 Å². The van der Waals surface area contributed by atoms with E-state index in [1.165, 1.54) is 17.4 Å². The number of thiazole rings is 1. The Labute approximate surface area is 131 Å². The average Bonchev–Trinajstić information content (AvgIpc) is 2.91. The van der Waals surface area contributed by atoms with Crippen LogP contribution in [0.2, 0.25) is 0 Å². The van der Waals surface area contributed by atoms with Gasteiger partial charge >= 0.3 is 6.18 Å². The van der Waals surface area contributed by atoms with Crippen LogP contribution in [-0.2, 0) is 12.6 Å². The largest absolute Gasteiger partial charge is 0.416 e. The van der Waals surface area contributed by atoms with Gasteiger partial charge in [-0.15, -0.1) is 11.3 Å². The lowest BCUT2D eigenvalue weighted by molar-refractivity contribution is -0.137. The predicted octanol–water partition coefficient (Wildman–Crippen LogP) is 3.90. The third-order valence-electron chi connectivity index (χ3n) is 2.69. The highest BCUT2D eigenvalue weighted by molar-refractivity contribution is 9.10. The van der Waals surface area contributed by atoms with Crippen molar-refractivity contribution < 1.29 is 18.0 Å². The minimum atomic E-state index is -4.48. The number of nitrogens with zero attached hydrogens (tertiary/aromatic N) is 1. The van der Waals surface area contributed by atoms with Gasteiger partial charge in [-0.1, -0.05) is 0 Å². The molecule has 21 heavy (non-hydrogen) atoms. The van der Waals surface area contributed by atoms with Gasteiger partial charge in [-0.2, -0.15) is 13.2 Å². The fraction of sp³-hybridized carbons (Fsp3) is 0.231. The molecule has 1 N–H and O–H groups in total. The van der Waals surface area contributed by atoms with Crippen molar-refractivity contribution >= 4 is 33.2 Å². The first-order valence-corrected chi connectivity index (χ1v) is 7.63. The molecule has 0 bridgehead atoms. The summed E-state index contributed by atoms with van der Waals surface area (Å²) in [6.45, 7) is 0.311. The fourth-order valence-electron chi connectivity index (χ4n) is 1.64. The van der Waals surface area contributed by atoms with Gasteiger partial charge in [0.1, 0.15) is 0 Å². The molecule has 1 aromatic carbocycles. The lowest BCUT2D eigenvalue weighted by atomic mass is 10.1. The quantitative estimate of drug-likeness (QED) is 0.876. The van der Waals surface area contributed by atoms with E-state index in [1.807, 2.05) is 5.38 Å². The van der Waals surface area contributed by atoms with Gasteiger partial charge in [0.05, 0.1) is 22.3 Å². The summed E-state index contributed by atoms with van der Waals surface area (Å²) in [7, 11) is 0. The maximum atomic E-state index is 12.6. The average molecular weight is 379 g/mol. The highest BCUT2D eigenvalue weighted by Crippen LogP contribution is 2.31. The van der Waals surface area contributed by atoms with Gasteiger partial charge in [0.2, 0.25) is 0 Å². The normalized spacial score (nSPS) is 11.4. The van der Waals surface area contributed by atoms with Gasteiger partial charge in [-0.3, -0.25) is 4.79 Å². The minimum absolute atomic E-state index is 0.0388. The Morgan fingerprint density at radius 2 is 2.14 bits per heavy atom. The molecular formula is C13H10BrF3N2OS. The first-order valence-electron chi connectivity index (χ1n) is 5.90. The number of carbonyl (C=O) groups is 1. The number of benzene rings is 1. The van der Waals surface area contributed by atoms with E-state index < -0.39 is 17.6 Å². The Morgan fingerprint density at radius 1 is 1.38 bits per heavy atom. The van der Waals surface area contributed by atoms with Crippen LogP contribution in [0.1, 0.15) is 21.6 Å². The van der Waals surface area contributed by atoms with E-state index in [0.717, 1.165) is 17.8 Å². The smallest absolute Gasteiger partial charge is 0.352 e. The van der Waals surface area contributed by atoms with E-state index in [1.54, 1.807) is 5.51 Å². The van der Waals surface area contributed by atoms with E-state index in [2.05, 4.69) is 26.2 Å². The van der Waals surface area contributed by atoms with Crippen LogP contribution in [-0.4, -0.2) is 17.4 Å². The van der Waals surface area contributed by atoms with Crippen LogP contribution in [0.3, 0.4) is 0 Å². The molecule has 0 aliphatic rings. The number of rotatable bonds is 4. The van der Waals surface area contributed by atoms with Gasteiger partial charge in [0, 0.05) is 22.8 Å². The summed E-state index contributed by atoms with van der Waals surface area (Å²) in [5.74, 6) is -0.553. The molecule has 0 aliphatic carbocycles. The Bertz CT molecular complexity index is 629. The molecule has 8 heteroatoms. The molecule has 0 fully saturated rings. The standard InChI is InChI=1S/C13H10BrF3N2OS/c14-11-2-1-8(13(15,16)17)5-10(11)12(20)18-4-3-9-6-21-7-19-9/h1-2,5-7H,3-4H2,(H,18,20). The third kappa shape index (κ3) is 4.28. The number of nitrogens with one attached hydrogen (secondary N) is 1. The second-order valence-electron chi connectivity index (χ2n) is 4.18. The molecule has 0 saturated carbocycles. The molecule has 1 aromatic heterocycles. The molecule has 0 atom stereocenters. The second kappa shape index (κ2) is 6.57. The molecule has 112 valence electrons. The van der Waals surface area contributed by atoms with Gasteiger partial charge in [-0.25, -0.2) is 4.98 Å². The molecule has 2 rings (SSSR count). The summed E-state index contributed by atoms with van der Waals surface area (Å²) in [6.07, 6.45) is -3.94. The maximum Gasteiger partial charge on any atom is 0.416 e. The van der Waals surface area contributed by atoms with Crippen molar-refractivity contribution in [1.82, 2.24) is 10.3 Å². The topological polar surface area (TPSA) is 42.0 Å². The number of aromatic nitrogens is 1. The summed E-state index contributed by atoms with van der Waals surface area (Å²) >= 11 is 4.54. The number of carbonyl (C=O) groups excluding carboxylic acids is 1. The zero-order valence-electron chi connectivity index (χ0n) is 10.6. The number of hydrogen-bond acceptors (Lipinski definition) is 3. The molecular weight excluding hydrogens is 369 g/mol. The van der Waals surface area contributed by atoms with E-state index in [9.17, 15) is 18.0 Å². The Morgan fingerprint density at radius 3 is 2.76 bits per heavy atom. The SMILES string of the molecule is O=C(NCCc1cscn1)c1cc(C(F)(F)F)ccc1Br. The van der Waals surface area contributed by atoms with Gasteiger partial charge in [0.15, 0.2) is 0 Å². The highest BCUT2D eigenvalue weighted by Gasteiger charge is 2.31. The van der Waals surface area contributed by atoms with E-state index >= 15 is 0 Å². The molecule has 0 aliphatic heterocycles. The van der Waals surface area contributed by atoms with Crippen molar-refractivity contribution in [3.05, 3.63) is 50.4 Å². The van der Waals surface area contributed by atoms with Gasteiger partial charge < -0.3 is 5.32 Å². The molecule has 1 amide bonds. The molecule has 0 radical (unpaired) electrons. The minimum Gasteiger partial charge on any atom is -0.352 e. The predicted molar refractivity (Wildman–Crippen MR) is 77.3 cm³/mol. The molecule has 0 saturated heterocycles. The number of halogens is 4. The molecule has 0 unspecified atom stereocenters. The monoisotopic (exact) mass is 378 g/mol. The zero-order chi connectivity index (χ0) is 15.5. The Balaban J connectivity index is 2.04.